The van der Waals surface area contributed by atoms with Crippen LogP contribution in [0.1, 0.15) is 18.6 Å². The van der Waals surface area contributed by atoms with E-state index in [0.717, 1.165) is 6.26 Å². The molecule has 0 amide bonds. The third kappa shape index (κ3) is 3.53. The lowest BCUT2D eigenvalue weighted by atomic mass is 10.1. The number of hydrogen-bond donors (Lipinski definition) is 0. The van der Waals surface area contributed by atoms with Crippen molar-refractivity contribution >= 4 is 10.1 Å². The van der Waals surface area contributed by atoms with Crippen LogP contribution in [-0.4, -0.2) is 21.8 Å². The summed E-state index contributed by atoms with van der Waals surface area (Å²) in [6.07, 6.45) is 0.481. The van der Waals surface area contributed by atoms with E-state index in [9.17, 15) is 8.42 Å². The summed E-state index contributed by atoms with van der Waals surface area (Å²) in [5.41, 5.74) is 0.713. The molecule has 5 heteroatoms. The monoisotopic (exact) mass is 230 g/mol. The molecule has 1 unspecified atom stereocenters. The summed E-state index contributed by atoms with van der Waals surface area (Å²) < 4.78 is 31.9. The van der Waals surface area contributed by atoms with Gasteiger partial charge in [0.2, 0.25) is 0 Å². The Hall–Kier alpha value is -1.07. The largest absolute Gasteiger partial charge is 0.496 e. The predicted octanol–water partition coefficient (Wildman–Crippen LogP) is 1.73. The van der Waals surface area contributed by atoms with Crippen LogP contribution in [0.15, 0.2) is 24.3 Å². The smallest absolute Gasteiger partial charge is 0.264 e. The van der Waals surface area contributed by atoms with E-state index in [4.69, 9.17) is 8.92 Å². The first-order valence-corrected chi connectivity index (χ1v) is 6.27. The third-order valence-electron chi connectivity index (χ3n) is 1.90. The molecule has 1 aromatic rings. The van der Waals surface area contributed by atoms with Gasteiger partial charge in [-0.3, -0.25) is 4.18 Å². The maximum atomic E-state index is 11.0. The Labute approximate surface area is 90.0 Å². The topological polar surface area (TPSA) is 52.6 Å². The standard InChI is InChI=1S/C10H14O4S/c1-8(14-15(3,11)12)9-6-4-5-7-10(9)13-2/h4-8H,1-3H3. The van der Waals surface area contributed by atoms with E-state index >= 15 is 0 Å². The van der Waals surface area contributed by atoms with Crippen molar-refractivity contribution in [3.63, 3.8) is 0 Å². The molecule has 0 aliphatic carbocycles. The molecule has 15 heavy (non-hydrogen) atoms. The Morgan fingerprint density at radius 2 is 1.87 bits per heavy atom. The van der Waals surface area contributed by atoms with Crippen molar-refractivity contribution in [2.75, 3.05) is 13.4 Å². The minimum Gasteiger partial charge on any atom is -0.496 e. The van der Waals surface area contributed by atoms with Gasteiger partial charge in [-0.15, -0.1) is 0 Å². The Balaban J connectivity index is 2.95. The van der Waals surface area contributed by atoms with E-state index in [-0.39, 0.29) is 0 Å². The van der Waals surface area contributed by atoms with Gasteiger partial charge in [0.25, 0.3) is 10.1 Å². The Kier molecular flexibility index (Phi) is 3.71. The molecule has 4 nitrogen and oxygen atoms in total. The van der Waals surface area contributed by atoms with Gasteiger partial charge >= 0.3 is 0 Å². The average Bonchev–Trinajstić information content (AvgIpc) is 2.15. The number of rotatable bonds is 4. The first-order chi connectivity index (χ1) is 6.94. The highest BCUT2D eigenvalue weighted by atomic mass is 32.2. The lowest BCUT2D eigenvalue weighted by molar-refractivity contribution is 0.230. The van der Waals surface area contributed by atoms with Crippen molar-refractivity contribution in [2.45, 2.75) is 13.0 Å². The van der Waals surface area contributed by atoms with Gasteiger partial charge in [-0.25, -0.2) is 0 Å². The minimum absolute atomic E-state index is 0.545. The van der Waals surface area contributed by atoms with Crippen LogP contribution >= 0.6 is 0 Å². The molecule has 1 atom stereocenters. The maximum absolute atomic E-state index is 11.0. The number of benzene rings is 1. The number of ether oxygens (including phenoxy) is 1. The lowest BCUT2D eigenvalue weighted by Crippen LogP contribution is -2.08. The zero-order chi connectivity index (χ0) is 11.5. The summed E-state index contributed by atoms with van der Waals surface area (Å²) in [5, 5.41) is 0. The summed E-state index contributed by atoms with van der Waals surface area (Å²) in [7, 11) is -1.92. The Morgan fingerprint density at radius 3 is 2.40 bits per heavy atom. The molecular formula is C10H14O4S. The van der Waals surface area contributed by atoms with E-state index in [0.29, 0.717) is 11.3 Å². The van der Waals surface area contributed by atoms with E-state index in [1.807, 2.05) is 6.07 Å². The fourth-order valence-corrected chi connectivity index (χ4v) is 1.94. The SMILES string of the molecule is COc1ccccc1C(C)OS(C)(=O)=O. The highest BCUT2D eigenvalue weighted by Crippen LogP contribution is 2.27. The van der Waals surface area contributed by atoms with Gasteiger partial charge in [0, 0.05) is 5.56 Å². The van der Waals surface area contributed by atoms with Gasteiger partial charge in [0.1, 0.15) is 11.9 Å². The second-order valence-electron chi connectivity index (χ2n) is 3.18. The summed E-state index contributed by atoms with van der Waals surface area (Å²) in [4.78, 5) is 0. The molecule has 0 N–H and O–H groups in total. The number of methoxy groups -OCH3 is 1. The second-order valence-corrected chi connectivity index (χ2v) is 4.79. The van der Waals surface area contributed by atoms with E-state index in [1.165, 1.54) is 7.11 Å². The minimum atomic E-state index is -3.45. The zero-order valence-electron chi connectivity index (χ0n) is 8.93. The molecule has 0 fully saturated rings. The van der Waals surface area contributed by atoms with Crippen molar-refractivity contribution in [1.29, 1.82) is 0 Å². The summed E-state index contributed by atoms with van der Waals surface area (Å²) in [5.74, 6) is 0.619. The van der Waals surface area contributed by atoms with Crippen LogP contribution in [0.4, 0.5) is 0 Å². The van der Waals surface area contributed by atoms with Crippen LogP contribution in [-0.2, 0) is 14.3 Å². The molecule has 84 valence electrons. The molecule has 0 spiro atoms. The number of hydrogen-bond acceptors (Lipinski definition) is 4. The van der Waals surface area contributed by atoms with Crippen LogP contribution in [0.25, 0.3) is 0 Å². The Bertz CT molecular complexity index is 425. The van der Waals surface area contributed by atoms with Crippen LogP contribution in [0.3, 0.4) is 0 Å². The summed E-state index contributed by atoms with van der Waals surface area (Å²) >= 11 is 0. The lowest BCUT2D eigenvalue weighted by Gasteiger charge is -2.14. The van der Waals surface area contributed by atoms with Crippen molar-refractivity contribution < 1.29 is 17.3 Å². The van der Waals surface area contributed by atoms with Crippen LogP contribution < -0.4 is 4.74 Å². The van der Waals surface area contributed by atoms with Crippen LogP contribution in [0.2, 0.25) is 0 Å². The van der Waals surface area contributed by atoms with Gasteiger partial charge in [-0.05, 0) is 13.0 Å². The highest BCUT2D eigenvalue weighted by Gasteiger charge is 2.15. The molecule has 0 aromatic heterocycles. The predicted molar refractivity (Wildman–Crippen MR) is 57.3 cm³/mol. The first-order valence-electron chi connectivity index (χ1n) is 4.45. The summed E-state index contributed by atoms with van der Waals surface area (Å²) in [6, 6.07) is 7.15. The second kappa shape index (κ2) is 4.63. The molecular weight excluding hydrogens is 216 g/mol. The molecule has 0 saturated carbocycles. The molecule has 0 heterocycles. The molecule has 0 aliphatic heterocycles. The molecule has 0 bridgehead atoms. The van der Waals surface area contributed by atoms with E-state index < -0.39 is 16.2 Å². The quantitative estimate of drug-likeness (QED) is 0.739. The maximum Gasteiger partial charge on any atom is 0.264 e. The third-order valence-corrected chi connectivity index (χ3v) is 2.53. The van der Waals surface area contributed by atoms with Crippen molar-refractivity contribution in [1.82, 2.24) is 0 Å². The molecule has 1 aromatic carbocycles. The van der Waals surface area contributed by atoms with Gasteiger partial charge in [-0.1, -0.05) is 18.2 Å². The van der Waals surface area contributed by atoms with Gasteiger partial charge in [0.05, 0.1) is 13.4 Å². The molecule has 0 radical (unpaired) electrons. The van der Waals surface area contributed by atoms with E-state index in [2.05, 4.69) is 0 Å². The average molecular weight is 230 g/mol. The number of para-hydroxylation sites is 1. The Morgan fingerprint density at radius 1 is 1.27 bits per heavy atom. The van der Waals surface area contributed by atoms with Gasteiger partial charge in [0.15, 0.2) is 0 Å². The molecule has 0 aliphatic rings. The van der Waals surface area contributed by atoms with Crippen LogP contribution in [0.5, 0.6) is 5.75 Å². The van der Waals surface area contributed by atoms with Crippen molar-refractivity contribution in [3.8, 4) is 5.75 Å². The molecule has 1 rings (SSSR count). The van der Waals surface area contributed by atoms with Crippen molar-refractivity contribution in [2.24, 2.45) is 0 Å². The van der Waals surface area contributed by atoms with E-state index in [1.54, 1.807) is 25.1 Å². The van der Waals surface area contributed by atoms with Gasteiger partial charge < -0.3 is 4.74 Å². The summed E-state index contributed by atoms with van der Waals surface area (Å²) in [6.45, 7) is 1.67. The molecule has 0 saturated heterocycles. The fourth-order valence-electron chi connectivity index (χ4n) is 1.32. The van der Waals surface area contributed by atoms with Crippen molar-refractivity contribution in [3.05, 3.63) is 29.8 Å². The van der Waals surface area contributed by atoms with Crippen LogP contribution in [0, 0.1) is 0 Å². The highest BCUT2D eigenvalue weighted by molar-refractivity contribution is 7.86. The normalized spacial score (nSPS) is 13.5. The fraction of sp³-hybridized carbons (Fsp3) is 0.400. The first kappa shape index (κ1) is 12.0. The zero-order valence-corrected chi connectivity index (χ0v) is 9.74. The van der Waals surface area contributed by atoms with Gasteiger partial charge in [-0.2, -0.15) is 8.42 Å².